The Morgan fingerprint density at radius 3 is 2.39 bits per heavy atom. The Hall–Kier alpha value is -3.62. The number of nitro benzene ring substituents is 1. The smallest absolute Gasteiger partial charge is 0.338 e. The van der Waals surface area contributed by atoms with Gasteiger partial charge >= 0.3 is 5.97 Å². The number of nitrogens with one attached hydrogen (secondary N) is 1. The zero-order valence-corrected chi connectivity index (χ0v) is 15.8. The van der Waals surface area contributed by atoms with Crippen molar-refractivity contribution in [3.8, 4) is 5.75 Å². The van der Waals surface area contributed by atoms with Gasteiger partial charge in [-0.3, -0.25) is 14.9 Å². The number of carbonyl (C=O) groups excluding carboxylic acids is 2. The third-order valence-corrected chi connectivity index (χ3v) is 3.70. The quantitative estimate of drug-likeness (QED) is 0.421. The van der Waals surface area contributed by atoms with E-state index in [1.165, 1.54) is 18.2 Å². The average molecular weight is 387 g/mol. The lowest BCUT2D eigenvalue weighted by Gasteiger charge is -2.12. The van der Waals surface area contributed by atoms with Crippen LogP contribution in [-0.2, 0) is 9.53 Å². The Morgan fingerprint density at radius 2 is 1.82 bits per heavy atom. The molecule has 9 heteroatoms. The van der Waals surface area contributed by atoms with Crippen molar-refractivity contribution in [3.05, 3.63) is 58.1 Å². The topological polar surface area (TPSA) is 111 Å². The molecule has 0 aromatic heterocycles. The first kappa shape index (κ1) is 20.7. The Kier molecular flexibility index (Phi) is 6.91. The fourth-order valence-corrected chi connectivity index (χ4v) is 2.32. The van der Waals surface area contributed by atoms with Gasteiger partial charge in [-0.2, -0.15) is 0 Å². The van der Waals surface area contributed by atoms with Crippen molar-refractivity contribution in [2.24, 2.45) is 0 Å². The van der Waals surface area contributed by atoms with Crippen LogP contribution in [0.2, 0.25) is 0 Å². The lowest BCUT2D eigenvalue weighted by molar-refractivity contribution is -0.384. The molecule has 0 fully saturated rings. The predicted molar refractivity (Wildman–Crippen MR) is 104 cm³/mol. The second-order valence-corrected chi connectivity index (χ2v) is 5.93. The molecule has 0 aliphatic heterocycles. The highest BCUT2D eigenvalue weighted by Gasteiger charge is 2.18. The van der Waals surface area contributed by atoms with Crippen LogP contribution in [0.4, 0.5) is 17.1 Å². The van der Waals surface area contributed by atoms with Crippen molar-refractivity contribution in [2.75, 3.05) is 37.5 Å². The molecule has 1 N–H and O–H groups in total. The Balaban J connectivity index is 1.98. The van der Waals surface area contributed by atoms with Crippen LogP contribution in [0.25, 0.3) is 0 Å². The molecule has 0 spiro atoms. The molecular weight excluding hydrogens is 366 g/mol. The molecule has 2 rings (SSSR count). The standard InChI is InChI=1S/C19H21N3O6/c1-4-27-15-9-10-16(17(11-15)22(25)26)20-18(23)12-28-19(24)13-5-7-14(8-6-13)21(2)3/h5-11H,4,12H2,1-3H3,(H,20,23). The van der Waals surface area contributed by atoms with Gasteiger partial charge in [0, 0.05) is 19.8 Å². The number of hydrogen-bond acceptors (Lipinski definition) is 7. The molecule has 148 valence electrons. The van der Waals surface area contributed by atoms with Crippen molar-refractivity contribution in [1.29, 1.82) is 0 Å². The lowest BCUT2D eigenvalue weighted by Crippen LogP contribution is -2.21. The first-order valence-electron chi connectivity index (χ1n) is 8.47. The van der Waals surface area contributed by atoms with E-state index in [0.717, 1.165) is 5.69 Å². The average Bonchev–Trinajstić information content (AvgIpc) is 2.67. The molecule has 0 radical (unpaired) electrons. The van der Waals surface area contributed by atoms with E-state index in [1.807, 2.05) is 19.0 Å². The summed E-state index contributed by atoms with van der Waals surface area (Å²) in [5.74, 6) is -1.04. The van der Waals surface area contributed by atoms with Gasteiger partial charge in [0.05, 0.1) is 23.2 Å². The van der Waals surface area contributed by atoms with Gasteiger partial charge in [-0.15, -0.1) is 0 Å². The van der Waals surface area contributed by atoms with Crippen LogP contribution < -0.4 is 15.0 Å². The van der Waals surface area contributed by atoms with Gasteiger partial charge in [0.15, 0.2) is 6.61 Å². The van der Waals surface area contributed by atoms with E-state index in [4.69, 9.17) is 9.47 Å². The third kappa shape index (κ3) is 5.44. The first-order valence-corrected chi connectivity index (χ1v) is 8.47. The van der Waals surface area contributed by atoms with E-state index >= 15 is 0 Å². The number of hydrogen-bond donors (Lipinski definition) is 1. The van der Waals surface area contributed by atoms with Gasteiger partial charge in [0.1, 0.15) is 11.4 Å². The maximum absolute atomic E-state index is 12.0. The largest absolute Gasteiger partial charge is 0.494 e. The van der Waals surface area contributed by atoms with Crippen LogP contribution >= 0.6 is 0 Å². The third-order valence-electron chi connectivity index (χ3n) is 3.70. The summed E-state index contributed by atoms with van der Waals surface area (Å²) in [5.41, 5.74) is 0.886. The van der Waals surface area contributed by atoms with Crippen LogP contribution in [0.15, 0.2) is 42.5 Å². The minimum atomic E-state index is -0.689. The predicted octanol–water partition coefficient (Wildman–Crippen LogP) is 2.86. The fourth-order valence-electron chi connectivity index (χ4n) is 2.32. The van der Waals surface area contributed by atoms with E-state index in [0.29, 0.717) is 17.9 Å². The van der Waals surface area contributed by atoms with E-state index < -0.39 is 23.4 Å². The highest BCUT2D eigenvalue weighted by atomic mass is 16.6. The number of esters is 1. The molecular formula is C19H21N3O6. The van der Waals surface area contributed by atoms with Gasteiger partial charge in [0.25, 0.3) is 11.6 Å². The minimum Gasteiger partial charge on any atom is -0.494 e. The van der Waals surface area contributed by atoms with Gasteiger partial charge in [-0.25, -0.2) is 4.79 Å². The number of rotatable bonds is 8. The maximum atomic E-state index is 12.0. The second kappa shape index (κ2) is 9.36. The molecule has 2 aromatic carbocycles. The summed E-state index contributed by atoms with van der Waals surface area (Å²) in [6, 6.07) is 10.8. The summed E-state index contributed by atoms with van der Waals surface area (Å²) in [4.78, 5) is 36.5. The molecule has 28 heavy (non-hydrogen) atoms. The number of carbonyl (C=O) groups is 2. The number of benzene rings is 2. The number of nitro groups is 1. The number of anilines is 2. The molecule has 9 nitrogen and oxygen atoms in total. The van der Waals surface area contributed by atoms with Gasteiger partial charge in [-0.1, -0.05) is 0 Å². The summed E-state index contributed by atoms with van der Waals surface area (Å²) >= 11 is 0. The van der Waals surface area contributed by atoms with E-state index in [1.54, 1.807) is 31.2 Å². The normalized spacial score (nSPS) is 10.1. The van der Waals surface area contributed by atoms with Crippen LogP contribution in [0.3, 0.4) is 0 Å². The van der Waals surface area contributed by atoms with Crippen LogP contribution in [0, 0.1) is 10.1 Å². The Morgan fingerprint density at radius 1 is 1.14 bits per heavy atom. The zero-order valence-electron chi connectivity index (χ0n) is 15.8. The second-order valence-electron chi connectivity index (χ2n) is 5.93. The molecule has 0 atom stereocenters. The summed E-state index contributed by atoms with van der Waals surface area (Å²) in [6.07, 6.45) is 0. The van der Waals surface area contributed by atoms with Crippen molar-refractivity contribution in [2.45, 2.75) is 6.92 Å². The molecule has 1 amide bonds. The Bertz CT molecular complexity index is 864. The summed E-state index contributed by atoms with van der Waals surface area (Å²) in [6.45, 7) is 1.54. The summed E-state index contributed by atoms with van der Waals surface area (Å²) in [5, 5.41) is 13.6. The van der Waals surface area contributed by atoms with E-state index in [2.05, 4.69) is 5.32 Å². The molecule has 2 aromatic rings. The minimum absolute atomic E-state index is 0.00941. The SMILES string of the molecule is CCOc1ccc(NC(=O)COC(=O)c2ccc(N(C)C)cc2)c([N+](=O)[O-])c1. The monoisotopic (exact) mass is 387 g/mol. The van der Waals surface area contributed by atoms with Crippen LogP contribution in [0.1, 0.15) is 17.3 Å². The lowest BCUT2D eigenvalue weighted by atomic mass is 10.2. The zero-order chi connectivity index (χ0) is 20.7. The summed E-state index contributed by atoms with van der Waals surface area (Å²) in [7, 11) is 3.75. The Labute approximate surface area is 162 Å². The number of amides is 1. The van der Waals surface area contributed by atoms with Gasteiger partial charge in [-0.05, 0) is 43.3 Å². The van der Waals surface area contributed by atoms with Crippen molar-refractivity contribution in [1.82, 2.24) is 0 Å². The summed E-state index contributed by atoms with van der Waals surface area (Å²) < 4.78 is 10.2. The van der Waals surface area contributed by atoms with E-state index in [-0.39, 0.29) is 11.4 Å². The highest BCUT2D eigenvalue weighted by molar-refractivity contribution is 5.97. The molecule has 0 heterocycles. The van der Waals surface area contributed by atoms with Gasteiger partial charge < -0.3 is 19.7 Å². The maximum Gasteiger partial charge on any atom is 0.338 e. The number of ether oxygens (including phenoxy) is 2. The molecule has 0 bridgehead atoms. The van der Waals surface area contributed by atoms with Crippen LogP contribution in [0.5, 0.6) is 5.75 Å². The molecule has 0 saturated heterocycles. The molecule has 0 aliphatic carbocycles. The van der Waals surface area contributed by atoms with Crippen molar-refractivity contribution >= 4 is 28.9 Å². The molecule has 0 unspecified atom stereocenters. The number of nitrogens with zero attached hydrogens (tertiary/aromatic N) is 2. The molecule has 0 saturated carbocycles. The van der Waals surface area contributed by atoms with Crippen molar-refractivity contribution in [3.63, 3.8) is 0 Å². The fraction of sp³-hybridized carbons (Fsp3) is 0.263. The van der Waals surface area contributed by atoms with E-state index in [9.17, 15) is 19.7 Å². The molecule has 0 aliphatic rings. The first-order chi connectivity index (χ1) is 13.3. The highest BCUT2D eigenvalue weighted by Crippen LogP contribution is 2.29. The van der Waals surface area contributed by atoms with Gasteiger partial charge in [0.2, 0.25) is 0 Å². The van der Waals surface area contributed by atoms with Crippen LogP contribution in [-0.4, -0.2) is 44.1 Å². The van der Waals surface area contributed by atoms with Crippen molar-refractivity contribution < 1.29 is 24.0 Å².